The van der Waals surface area contributed by atoms with E-state index in [9.17, 15) is 9.18 Å². The number of oxime groups is 1. The van der Waals surface area contributed by atoms with Crippen LogP contribution in [-0.2, 0) is 9.63 Å². The number of rotatable bonds is 2. The van der Waals surface area contributed by atoms with Crippen molar-refractivity contribution >= 4 is 23.6 Å². The average molecular weight is 239 g/mol. The van der Waals surface area contributed by atoms with Crippen molar-refractivity contribution in [3.63, 3.8) is 0 Å². The number of alkyl halides is 1. The second-order valence-electron chi connectivity index (χ2n) is 2.23. The predicted octanol–water partition coefficient (Wildman–Crippen LogP) is -0.733. The minimum absolute atomic E-state index is 0. The Morgan fingerprint density at radius 2 is 2.53 bits per heavy atom. The summed E-state index contributed by atoms with van der Waals surface area (Å²) in [5.74, 6) is -1.37. The van der Waals surface area contributed by atoms with E-state index in [-0.39, 0.29) is 5.48 Å². The van der Waals surface area contributed by atoms with Gasteiger partial charge in [0.15, 0.2) is 0 Å². The van der Waals surface area contributed by atoms with Crippen molar-refractivity contribution in [2.45, 2.75) is 0 Å². The Morgan fingerprint density at radius 3 is 2.93 bits per heavy atom. The van der Waals surface area contributed by atoms with Gasteiger partial charge in [-0.15, -0.1) is 0 Å². The van der Waals surface area contributed by atoms with Gasteiger partial charge in [0.05, 0.1) is 10.9 Å². The summed E-state index contributed by atoms with van der Waals surface area (Å²) in [4.78, 5) is 15.9. The number of amidine groups is 1. The topological polar surface area (TPSA) is 120 Å². The summed E-state index contributed by atoms with van der Waals surface area (Å²) in [6.07, 6.45) is 1.40. The number of halogens is 1. The summed E-state index contributed by atoms with van der Waals surface area (Å²) >= 11 is 1.26. The third-order valence-corrected chi connectivity index (χ3v) is 2.16. The molecule has 0 bridgehead atoms. The maximum absolute atomic E-state index is 11.6. The molecular weight excluding hydrogens is 229 g/mol. The van der Waals surface area contributed by atoms with E-state index in [2.05, 4.69) is 9.99 Å². The molecule has 5 N–H and O–H groups in total. The van der Waals surface area contributed by atoms with Gasteiger partial charge in [0, 0.05) is 6.20 Å². The molecule has 0 aliphatic carbocycles. The highest BCUT2D eigenvalue weighted by molar-refractivity contribution is 8.03. The van der Waals surface area contributed by atoms with Crippen LogP contribution in [0.1, 0.15) is 0 Å². The average Bonchev–Trinajstić information content (AvgIpc) is 2.52. The number of aliphatic carboxylic acids is 1. The smallest absolute Gasteiger partial charge is 0.375 e. The standard InChI is InChI=1S/C6H8FN3O3S.H2O/c7-2-13-9-5(6(11)12)10-1-4(8)14-3-10;/h1H,2-3,8H2,(H,11,12);1H2. The van der Waals surface area contributed by atoms with E-state index in [1.807, 2.05) is 0 Å². The maximum atomic E-state index is 11.6. The number of hydrogen-bond donors (Lipinski definition) is 2. The van der Waals surface area contributed by atoms with Crippen LogP contribution in [0.15, 0.2) is 16.4 Å². The number of hydrogen-bond acceptors (Lipinski definition) is 5. The maximum Gasteiger partial charge on any atom is 0.375 e. The van der Waals surface area contributed by atoms with Crippen LogP contribution in [0.4, 0.5) is 4.39 Å². The number of carboxylic acids is 1. The number of thioether (sulfide) groups is 1. The van der Waals surface area contributed by atoms with Crippen molar-refractivity contribution in [2.75, 3.05) is 12.7 Å². The molecule has 15 heavy (non-hydrogen) atoms. The van der Waals surface area contributed by atoms with Crippen LogP contribution < -0.4 is 5.73 Å². The molecule has 0 aromatic heterocycles. The minimum atomic E-state index is -1.30. The Hall–Kier alpha value is -1.48. The SMILES string of the molecule is NC1=CN(C(=NOCF)C(=O)O)CS1.O. The van der Waals surface area contributed by atoms with Crippen LogP contribution >= 0.6 is 11.8 Å². The summed E-state index contributed by atoms with van der Waals surface area (Å²) in [5, 5.41) is 12.3. The molecular formula is C6H10FN3O4S. The third-order valence-electron chi connectivity index (χ3n) is 1.32. The van der Waals surface area contributed by atoms with Crippen molar-refractivity contribution in [1.29, 1.82) is 0 Å². The largest absolute Gasteiger partial charge is 0.475 e. The third kappa shape index (κ3) is 3.64. The lowest BCUT2D eigenvalue weighted by Crippen LogP contribution is -2.31. The summed E-state index contributed by atoms with van der Waals surface area (Å²) in [6, 6.07) is 0. The van der Waals surface area contributed by atoms with Crippen LogP contribution in [-0.4, -0.2) is 40.0 Å². The van der Waals surface area contributed by atoms with E-state index < -0.39 is 18.7 Å². The Kier molecular flexibility index (Phi) is 5.49. The number of nitrogens with two attached hydrogens (primary N) is 1. The number of nitrogens with zero attached hydrogens (tertiary/aromatic N) is 2. The first kappa shape index (κ1) is 13.5. The second-order valence-corrected chi connectivity index (χ2v) is 3.25. The molecule has 0 saturated heterocycles. The fraction of sp³-hybridized carbons (Fsp3) is 0.333. The molecule has 7 nitrogen and oxygen atoms in total. The highest BCUT2D eigenvalue weighted by atomic mass is 32.2. The number of carboxylic acid groups (broad SMARTS) is 1. The molecule has 0 aromatic carbocycles. The first-order chi connectivity index (χ1) is 6.65. The van der Waals surface area contributed by atoms with E-state index in [0.717, 1.165) is 0 Å². The zero-order chi connectivity index (χ0) is 10.6. The molecule has 0 spiro atoms. The zero-order valence-corrected chi connectivity index (χ0v) is 8.33. The molecule has 1 heterocycles. The van der Waals surface area contributed by atoms with Crippen LogP contribution in [0.3, 0.4) is 0 Å². The van der Waals surface area contributed by atoms with Crippen molar-refractivity contribution < 1.29 is 24.6 Å². The number of carbonyl (C=O) groups is 1. The Labute approximate surface area is 88.7 Å². The van der Waals surface area contributed by atoms with Crippen molar-refractivity contribution in [3.8, 4) is 0 Å². The summed E-state index contributed by atoms with van der Waals surface area (Å²) < 4.78 is 11.6. The van der Waals surface area contributed by atoms with Gasteiger partial charge >= 0.3 is 5.97 Å². The normalized spacial score (nSPS) is 15.7. The Bertz CT molecular complexity index is 296. The van der Waals surface area contributed by atoms with E-state index in [1.165, 1.54) is 22.9 Å². The first-order valence-corrected chi connectivity index (χ1v) is 4.49. The van der Waals surface area contributed by atoms with Crippen molar-refractivity contribution in [3.05, 3.63) is 11.2 Å². The van der Waals surface area contributed by atoms with E-state index in [0.29, 0.717) is 10.9 Å². The van der Waals surface area contributed by atoms with E-state index in [4.69, 9.17) is 10.8 Å². The Balaban J connectivity index is 0.00000196. The molecule has 0 saturated carbocycles. The van der Waals surface area contributed by atoms with Crippen molar-refractivity contribution in [1.82, 2.24) is 4.90 Å². The summed E-state index contributed by atoms with van der Waals surface area (Å²) in [7, 11) is 0. The lowest BCUT2D eigenvalue weighted by Gasteiger charge is -2.11. The van der Waals surface area contributed by atoms with E-state index in [1.54, 1.807) is 0 Å². The van der Waals surface area contributed by atoms with Crippen LogP contribution in [0.5, 0.6) is 0 Å². The molecule has 0 aromatic rings. The highest BCUT2D eigenvalue weighted by Crippen LogP contribution is 2.21. The fourth-order valence-corrected chi connectivity index (χ4v) is 1.48. The predicted molar refractivity (Wildman–Crippen MR) is 52.3 cm³/mol. The molecule has 86 valence electrons. The Morgan fingerprint density at radius 1 is 1.87 bits per heavy atom. The van der Waals surface area contributed by atoms with Gasteiger partial charge in [0.25, 0.3) is 12.7 Å². The van der Waals surface area contributed by atoms with Crippen LogP contribution in [0.25, 0.3) is 0 Å². The molecule has 1 aliphatic heterocycles. The van der Waals surface area contributed by atoms with Gasteiger partial charge in [0.2, 0.25) is 0 Å². The molecule has 0 fully saturated rings. The van der Waals surface area contributed by atoms with Gasteiger partial charge in [-0.25, -0.2) is 9.18 Å². The lowest BCUT2D eigenvalue weighted by molar-refractivity contribution is -0.130. The van der Waals surface area contributed by atoms with Gasteiger partial charge < -0.3 is 26.1 Å². The van der Waals surface area contributed by atoms with Gasteiger partial charge in [0.1, 0.15) is 0 Å². The minimum Gasteiger partial charge on any atom is -0.475 e. The monoisotopic (exact) mass is 239 g/mol. The lowest BCUT2D eigenvalue weighted by atomic mass is 10.5. The molecule has 0 amide bonds. The van der Waals surface area contributed by atoms with Crippen LogP contribution in [0, 0.1) is 0 Å². The van der Waals surface area contributed by atoms with Gasteiger partial charge in [-0.2, -0.15) is 0 Å². The first-order valence-electron chi connectivity index (χ1n) is 3.51. The second kappa shape index (κ2) is 6.09. The highest BCUT2D eigenvalue weighted by Gasteiger charge is 2.22. The fourth-order valence-electron chi connectivity index (χ4n) is 0.794. The molecule has 1 rings (SSSR count). The zero-order valence-electron chi connectivity index (χ0n) is 7.51. The molecule has 9 heteroatoms. The van der Waals surface area contributed by atoms with Gasteiger partial charge in [-0.3, -0.25) is 0 Å². The van der Waals surface area contributed by atoms with Gasteiger partial charge in [-0.05, 0) is 0 Å². The molecule has 0 atom stereocenters. The van der Waals surface area contributed by atoms with E-state index >= 15 is 0 Å². The molecule has 0 radical (unpaired) electrons. The van der Waals surface area contributed by atoms with Crippen LogP contribution in [0.2, 0.25) is 0 Å². The summed E-state index contributed by atoms with van der Waals surface area (Å²) in [6.45, 7) is -1.17. The molecule has 1 aliphatic rings. The summed E-state index contributed by atoms with van der Waals surface area (Å²) in [5.41, 5.74) is 5.41. The van der Waals surface area contributed by atoms with Crippen molar-refractivity contribution in [2.24, 2.45) is 10.9 Å². The van der Waals surface area contributed by atoms with Gasteiger partial charge in [-0.1, -0.05) is 16.9 Å². The molecule has 0 unspecified atom stereocenters. The quantitative estimate of drug-likeness (QED) is 0.372.